The first-order valence-electron chi connectivity index (χ1n) is 29.8. The van der Waals surface area contributed by atoms with E-state index >= 15 is 0 Å². The molecule has 3 fully saturated rings. The molecule has 0 aliphatic carbocycles. The summed E-state index contributed by atoms with van der Waals surface area (Å²) in [6.07, 6.45) is 10.7. The molecule has 3 aliphatic heterocycles. The van der Waals surface area contributed by atoms with E-state index in [0.717, 1.165) is 44.9 Å². The number of ether oxygens (including phenoxy) is 6. The molecule has 3 rings (SSSR count). The summed E-state index contributed by atoms with van der Waals surface area (Å²) >= 11 is 0. The fourth-order valence-electron chi connectivity index (χ4n) is 10.5. The van der Waals surface area contributed by atoms with Gasteiger partial charge in [0.05, 0.1) is 38.6 Å². The number of aliphatic hydroxyl groups is 11. The van der Waals surface area contributed by atoms with Crippen molar-refractivity contribution in [1.29, 1.82) is 0 Å². The van der Waals surface area contributed by atoms with Crippen LogP contribution in [0.1, 0.15) is 219 Å². The van der Waals surface area contributed by atoms with E-state index in [2.05, 4.69) is 19.2 Å². The molecule has 75 heavy (non-hydrogen) atoms. The minimum absolute atomic E-state index is 0.244. The minimum atomic E-state index is -1.97. The van der Waals surface area contributed by atoms with Gasteiger partial charge < -0.3 is 89.9 Å². The molecule has 0 aromatic rings. The third kappa shape index (κ3) is 25.4. The lowest BCUT2D eigenvalue weighted by molar-refractivity contribution is -0.379. The highest BCUT2D eigenvalue weighted by molar-refractivity contribution is 5.76. The van der Waals surface area contributed by atoms with E-state index < -0.39 is 124 Å². The molecule has 0 bridgehead atoms. The number of carbonyl (C=O) groups excluding carboxylic acids is 1. The average molecular weight is 1080 g/mol. The number of hydrogen-bond acceptors (Lipinski definition) is 18. The van der Waals surface area contributed by atoms with Gasteiger partial charge in [0.25, 0.3) is 0 Å². The number of aliphatic hydroxyl groups excluding tert-OH is 11. The first-order chi connectivity index (χ1) is 36.3. The molecule has 1 amide bonds. The highest BCUT2D eigenvalue weighted by Gasteiger charge is 2.53. The average Bonchev–Trinajstić information content (AvgIpc) is 3.41. The summed E-state index contributed by atoms with van der Waals surface area (Å²) in [7, 11) is 0. The van der Waals surface area contributed by atoms with Crippen molar-refractivity contribution in [3.05, 3.63) is 0 Å². The van der Waals surface area contributed by atoms with Crippen LogP contribution in [-0.2, 0) is 33.2 Å². The molecule has 17 atom stereocenters. The largest absolute Gasteiger partial charge is 0.394 e. The lowest BCUT2D eigenvalue weighted by atomic mass is 9.96. The molecular formula is C56H107NO18. The summed E-state index contributed by atoms with van der Waals surface area (Å²) in [5.74, 6) is -0.244. The number of carbonyl (C=O) groups is 1. The monoisotopic (exact) mass is 1080 g/mol. The van der Waals surface area contributed by atoms with E-state index in [1.54, 1.807) is 0 Å². The van der Waals surface area contributed by atoms with Crippen molar-refractivity contribution in [1.82, 2.24) is 5.32 Å². The van der Waals surface area contributed by atoms with Crippen molar-refractivity contribution in [2.75, 3.05) is 26.4 Å². The Hall–Kier alpha value is -1.21. The van der Waals surface area contributed by atoms with Crippen molar-refractivity contribution in [3.63, 3.8) is 0 Å². The highest BCUT2D eigenvalue weighted by Crippen LogP contribution is 2.33. The summed E-state index contributed by atoms with van der Waals surface area (Å²) in [6.45, 7) is 1.77. The molecule has 19 heteroatoms. The van der Waals surface area contributed by atoms with Crippen LogP contribution >= 0.6 is 0 Å². The van der Waals surface area contributed by atoms with Crippen LogP contribution in [0.3, 0.4) is 0 Å². The van der Waals surface area contributed by atoms with Crippen molar-refractivity contribution < 1.29 is 89.4 Å². The normalized spacial score (nSPS) is 31.1. The number of nitrogens with one attached hydrogen (secondary N) is 1. The van der Waals surface area contributed by atoms with Gasteiger partial charge in [0.15, 0.2) is 18.9 Å². The maximum absolute atomic E-state index is 13.2. The van der Waals surface area contributed by atoms with E-state index in [9.17, 15) is 61.0 Å². The Kier molecular flexibility index (Phi) is 37.1. The van der Waals surface area contributed by atoms with Gasteiger partial charge in [0, 0.05) is 6.42 Å². The van der Waals surface area contributed by atoms with Crippen LogP contribution in [0.5, 0.6) is 0 Å². The van der Waals surface area contributed by atoms with Crippen molar-refractivity contribution in [3.8, 4) is 0 Å². The molecule has 12 N–H and O–H groups in total. The van der Waals surface area contributed by atoms with Crippen LogP contribution in [0.2, 0.25) is 0 Å². The first-order valence-corrected chi connectivity index (χ1v) is 29.8. The molecule has 3 heterocycles. The van der Waals surface area contributed by atoms with Crippen LogP contribution < -0.4 is 5.32 Å². The van der Waals surface area contributed by atoms with Gasteiger partial charge in [-0.2, -0.15) is 0 Å². The molecule has 0 aromatic carbocycles. The van der Waals surface area contributed by atoms with Gasteiger partial charge in [0.1, 0.15) is 73.2 Å². The Morgan fingerprint density at radius 3 is 1.16 bits per heavy atom. The van der Waals surface area contributed by atoms with Crippen LogP contribution in [0.25, 0.3) is 0 Å². The Balaban J connectivity index is 1.46. The molecule has 17 unspecified atom stereocenters. The summed E-state index contributed by atoms with van der Waals surface area (Å²) in [6, 6.07) is -0.878. The zero-order chi connectivity index (χ0) is 54.8. The topological polar surface area (TPSA) is 307 Å². The SMILES string of the molecule is CCCCCCCCCCCCCCCCCCCCCCCC(O)C(COC1OC(CO)C(OC2OC(CO)C(OC3OC(CO)C(O)C(O)C3O)C(O)C2O)C(O)C1O)NC(=O)CCCCCCCCCCC. The lowest BCUT2D eigenvalue weighted by Gasteiger charge is -2.48. The summed E-state index contributed by atoms with van der Waals surface area (Å²) in [5.41, 5.74) is 0. The summed E-state index contributed by atoms with van der Waals surface area (Å²) < 4.78 is 34.2. The number of amides is 1. The maximum atomic E-state index is 13.2. The minimum Gasteiger partial charge on any atom is -0.394 e. The van der Waals surface area contributed by atoms with Crippen molar-refractivity contribution in [2.24, 2.45) is 0 Å². The van der Waals surface area contributed by atoms with Crippen LogP contribution in [-0.4, -0.2) is 193 Å². The summed E-state index contributed by atoms with van der Waals surface area (Å²) in [4.78, 5) is 13.2. The van der Waals surface area contributed by atoms with Gasteiger partial charge in [-0.1, -0.05) is 200 Å². The molecule has 0 spiro atoms. The Morgan fingerprint density at radius 1 is 0.427 bits per heavy atom. The number of unbranched alkanes of at least 4 members (excludes halogenated alkanes) is 28. The van der Waals surface area contributed by atoms with E-state index in [0.29, 0.717) is 12.8 Å². The van der Waals surface area contributed by atoms with Gasteiger partial charge in [0.2, 0.25) is 5.91 Å². The molecule has 0 radical (unpaired) electrons. The molecule has 444 valence electrons. The van der Waals surface area contributed by atoms with Crippen molar-refractivity contribution >= 4 is 5.91 Å². The Bertz CT molecular complexity index is 1390. The molecule has 3 aliphatic rings. The number of hydrogen-bond donors (Lipinski definition) is 12. The quantitative estimate of drug-likeness (QED) is 0.0364. The number of rotatable bonds is 44. The second kappa shape index (κ2) is 40.9. The Labute approximate surface area is 449 Å². The van der Waals surface area contributed by atoms with E-state index in [4.69, 9.17) is 28.4 Å². The van der Waals surface area contributed by atoms with Gasteiger partial charge in [-0.05, 0) is 12.8 Å². The second-order valence-corrected chi connectivity index (χ2v) is 21.8. The fraction of sp³-hybridized carbons (Fsp3) is 0.982. The van der Waals surface area contributed by atoms with Crippen LogP contribution in [0.4, 0.5) is 0 Å². The molecule has 0 saturated carbocycles. The van der Waals surface area contributed by atoms with E-state index in [1.807, 2.05) is 0 Å². The van der Waals surface area contributed by atoms with Gasteiger partial charge in [-0.25, -0.2) is 0 Å². The Morgan fingerprint density at radius 2 is 0.760 bits per heavy atom. The van der Waals surface area contributed by atoms with E-state index in [-0.39, 0.29) is 18.9 Å². The molecule has 19 nitrogen and oxygen atoms in total. The second-order valence-electron chi connectivity index (χ2n) is 21.8. The third-order valence-electron chi connectivity index (χ3n) is 15.4. The molecule has 3 saturated heterocycles. The van der Waals surface area contributed by atoms with E-state index in [1.165, 1.54) is 141 Å². The van der Waals surface area contributed by atoms with Crippen LogP contribution in [0.15, 0.2) is 0 Å². The molecule has 0 aromatic heterocycles. The predicted molar refractivity (Wildman–Crippen MR) is 282 cm³/mol. The maximum Gasteiger partial charge on any atom is 0.220 e. The summed E-state index contributed by atoms with van der Waals surface area (Å²) in [5, 5.41) is 120. The van der Waals surface area contributed by atoms with Gasteiger partial charge in [-0.15, -0.1) is 0 Å². The zero-order valence-corrected chi connectivity index (χ0v) is 46.0. The zero-order valence-electron chi connectivity index (χ0n) is 46.0. The molecular weight excluding hydrogens is 975 g/mol. The first kappa shape index (κ1) is 68.1. The highest BCUT2D eigenvalue weighted by atomic mass is 16.8. The standard InChI is InChI=1S/C56H107NO18/c1-3-5-7-9-11-13-14-15-16-17-18-19-20-21-22-23-24-26-27-29-31-33-40(61)39(57-44(62)34-32-30-28-25-12-10-8-6-4-2)38-70-54-50(68)47(65)52(42(36-59)72-54)75-56-51(69)48(66)53(43(37-60)73-56)74-55-49(67)46(64)45(63)41(35-58)71-55/h39-43,45-56,58-61,63-69H,3-38H2,1-2H3,(H,57,62). The van der Waals surface area contributed by atoms with Gasteiger partial charge >= 0.3 is 0 Å². The predicted octanol–water partition coefficient (Wildman–Crippen LogP) is 4.82. The fourth-order valence-corrected chi connectivity index (χ4v) is 10.5. The lowest BCUT2D eigenvalue weighted by Crippen LogP contribution is -2.66. The smallest absolute Gasteiger partial charge is 0.220 e. The van der Waals surface area contributed by atoms with Crippen LogP contribution in [0, 0.1) is 0 Å². The third-order valence-corrected chi connectivity index (χ3v) is 15.4. The van der Waals surface area contributed by atoms with Crippen molar-refractivity contribution in [2.45, 2.75) is 324 Å². The van der Waals surface area contributed by atoms with Gasteiger partial charge in [-0.3, -0.25) is 4.79 Å².